The normalized spacial score (nSPS) is 21.9. The number of epoxide rings is 1. The number of hydrogen-bond acceptors (Lipinski definition) is 3. The smallest absolute Gasteiger partial charge is 0.303 e. The summed E-state index contributed by atoms with van der Waals surface area (Å²) >= 11 is 0. The molecule has 1 rings (SSSR count). The van der Waals surface area contributed by atoms with Gasteiger partial charge in [0.05, 0.1) is 12.2 Å². The fourth-order valence-corrected chi connectivity index (χ4v) is 2.42. The molecule has 136 valence electrons. The molecule has 0 aromatic rings. The van der Waals surface area contributed by atoms with Gasteiger partial charge in [-0.3, -0.25) is 4.79 Å². The Bertz CT molecular complexity index is 425. The Balaban J connectivity index is 2.04. The van der Waals surface area contributed by atoms with Crippen molar-refractivity contribution in [3.63, 3.8) is 0 Å². The summed E-state index contributed by atoms with van der Waals surface area (Å²) in [5.74, 6) is -0.763. The first-order chi connectivity index (χ1) is 11.6. The third kappa shape index (κ3) is 11.2. The molecule has 1 fully saturated rings. The Morgan fingerprint density at radius 1 is 1.12 bits per heavy atom. The number of allylic oxidation sites excluding steroid dienone is 2. The largest absolute Gasteiger partial charge is 0.481 e. The van der Waals surface area contributed by atoms with Gasteiger partial charge in [0, 0.05) is 6.42 Å². The molecule has 1 aliphatic heterocycles. The Hall–Kier alpha value is -1.39. The minimum absolute atomic E-state index is 0.138. The maximum absolute atomic E-state index is 10.4. The number of ether oxygens (including phenoxy) is 1. The second kappa shape index (κ2) is 13.0. The van der Waals surface area contributed by atoms with Gasteiger partial charge in [-0.1, -0.05) is 56.2 Å². The third-order valence-corrected chi connectivity index (χ3v) is 3.96. The molecule has 2 N–H and O–H groups in total. The van der Waals surface area contributed by atoms with Crippen LogP contribution in [-0.2, 0) is 9.53 Å². The lowest BCUT2D eigenvalue weighted by Crippen LogP contribution is -2.00. The van der Waals surface area contributed by atoms with Gasteiger partial charge in [0.15, 0.2) is 0 Å². The van der Waals surface area contributed by atoms with Gasteiger partial charge >= 0.3 is 5.97 Å². The summed E-state index contributed by atoms with van der Waals surface area (Å²) < 4.78 is 5.55. The number of carboxylic acids is 1. The second-order valence-corrected chi connectivity index (χ2v) is 6.29. The summed E-state index contributed by atoms with van der Waals surface area (Å²) in [7, 11) is 0. The van der Waals surface area contributed by atoms with Gasteiger partial charge in [0.25, 0.3) is 0 Å². The molecule has 0 aromatic carbocycles. The van der Waals surface area contributed by atoms with Crippen molar-refractivity contribution in [2.75, 3.05) is 0 Å². The van der Waals surface area contributed by atoms with Crippen molar-refractivity contribution in [3.8, 4) is 0 Å². The zero-order valence-electron chi connectivity index (χ0n) is 14.8. The van der Waals surface area contributed by atoms with Crippen molar-refractivity contribution in [2.24, 2.45) is 0 Å². The van der Waals surface area contributed by atoms with Gasteiger partial charge < -0.3 is 14.9 Å². The molecular weight excluding hydrogens is 304 g/mol. The maximum atomic E-state index is 10.4. The predicted molar refractivity (Wildman–Crippen MR) is 97.0 cm³/mol. The zero-order chi connectivity index (χ0) is 17.6. The molecule has 0 spiro atoms. The number of aliphatic carboxylic acids is 1. The van der Waals surface area contributed by atoms with Gasteiger partial charge in [-0.25, -0.2) is 0 Å². The number of carboxylic acid groups (broad SMARTS) is 1. The van der Waals surface area contributed by atoms with E-state index in [1.807, 2.05) is 18.2 Å². The molecule has 3 atom stereocenters. The molecule has 3 unspecified atom stereocenters. The summed E-state index contributed by atoms with van der Waals surface area (Å²) in [5.41, 5.74) is 0. The summed E-state index contributed by atoms with van der Waals surface area (Å²) in [6.07, 6.45) is 19.9. The molecule has 0 amide bonds. The van der Waals surface area contributed by atoms with E-state index in [9.17, 15) is 9.90 Å². The van der Waals surface area contributed by atoms with Crippen LogP contribution in [0.2, 0.25) is 0 Å². The molecular formula is C20H32O4. The second-order valence-electron chi connectivity index (χ2n) is 6.29. The number of carbonyl (C=O) groups is 1. The van der Waals surface area contributed by atoms with E-state index in [-0.39, 0.29) is 18.6 Å². The summed E-state index contributed by atoms with van der Waals surface area (Å²) in [5, 5.41) is 18.4. The van der Waals surface area contributed by atoms with Crippen molar-refractivity contribution in [1.82, 2.24) is 0 Å². The number of hydrogen-bond donors (Lipinski definition) is 2. The molecule has 0 bridgehead atoms. The minimum atomic E-state index is -0.763. The average molecular weight is 336 g/mol. The lowest BCUT2D eigenvalue weighted by molar-refractivity contribution is -0.137. The first-order valence-corrected chi connectivity index (χ1v) is 9.17. The summed E-state index contributed by atoms with van der Waals surface area (Å²) in [4.78, 5) is 10.4. The zero-order valence-corrected chi connectivity index (χ0v) is 14.8. The molecule has 24 heavy (non-hydrogen) atoms. The molecule has 1 aliphatic rings. The van der Waals surface area contributed by atoms with E-state index in [0.717, 1.165) is 19.3 Å². The molecule has 0 aliphatic carbocycles. The lowest BCUT2D eigenvalue weighted by atomic mass is 10.1. The van der Waals surface area contributed by atoms with E-state index in [4.69, 9.17) is 9.84 Å². The Morgan fingerprint density at radius 3 is 2.62 bits per heavy atom. The number of rotatable bonds is 14. The highest BCUT2D eigenvalue weighted by Gasteiger charge is 2.34. The standard InChI is InChI=1S/C20H32O4/c1-2-3-4-5-6-10-13-18-19(24-18)16-15-17(21)12-9-7-8-11-14-20(22)23/h6-7,9-10,15-19,21H,2-5,8,11-14H2,1H3,(H,22,23)/b9-7-,10-6-,16-15+. The van der Waals surface area contributed by atoms with E-state index in [1.54, 1.807) is 6.08 Å². The average Bonchev–Trinajstić information content (AvgIpc) is 3.30. The number of unbranched alkanes of at least 4 members (excludes halogenated alkanes) is 4. The van der Waals surface area contributed by atoms with Crippen molar-refractivity contribution in [3.05, 3.63) is 36.5 Å². The van der Waals surface area contributed by atoms with Gasteiger partial charge in [-0.2, -0.15) is 0 Å². The third-order valence-electron chi connectivity index (χ3n) is 3.96. The van der Waals surface area contributed by atoms with Crippen molar-refractivity contribution in [1.29, 1.82) is 0 Å². The monoisotopic (exact) mass is 336 g/mol. The van der Waals surface area contributed by atoms with Crippen LogP contribution in [0.5, 0.6) is 0 Å². The van der Waals surface area contributed by atoms with Crippen molar-refractivity contribution >= 4 is 5.97 Å². The topological polar surface area (TPSA) is 70.1 Å². The van der Waals surface area contributed by atoms with Crippen LogP contribution in [0.3, 0.4) is 0 Å². The Kier molecular flexibility index (Phi) is 11.2. The highest BCUT2D eigenvalue weighted by atomic mass is 16.6. The molecule has 0 radical (unpaired) electrons. The van der Waals surface area contributed by atoms with Crippen LogP contribution in [0, 0.1) is 0 Å². The van der Waals surface area contributed by atoms with Gasteiger partial charge in [0.1, 0.15) is 6.10 Å². The van der Waals surface area contributed by atoms with E-state index < -0.39 is 12.1 Å². The minimum Gasteiger partial charge on any atom is -0.481 e. The van der Waals surface area contributed by atoms with Gasteiger partial charge in [-0.15, -0.1) is 0 Å². The lowest BCUT2D eigenvalue weighted by Gasteiger charge is -1.99. The molecule has 0 aromatic heterocycles. The van der Waals surface area contributed by atoms with Gasteiger partial charge in [0.2, 0.25) is 0 Å². The van der Waals surface area contributed by atoms with Crippen LogP contribution < -0.4 is 0 Å². The van der Waals surface area contributed by atoms with Crippen LogP contribution in [0.15, 0.2) is 36.5 Å². The molecule has 1 saturated heterocycles. The molecule has 0 saturated carbocycles. The van der Waals surface area contributed by atoms with Crippen LogP contribution in [0.25, 0.3) is 0 Å². The first kappa shape index (κ1) is 20.7. The van der Waals surface area contributed by atoms with E-state index >= 15 is 0 Å². The molecule has 4 nitrogen and oxygen atoms in total. The fourth-order valence-electron chi connectivity index (χ4n) is 2.42. The highest BCUT2D eigenvalue weighted by Crippen LogP contribution is 2.27. The highest BCUT2D eigenvalue weighted by molar-refractivity contribution is 5.66. The van der Waals surface area contributed by atoms with Crippen molar-refractivity contribution in [2.45, 2.75) is 83.0 Å². The summed E-state index contributed by atoms with van der Waals surface area (Å²) in [6, 6.07) is 0. The van der Waals surface area contributed by atoms with Crippen LogP contribution >= 0.6 is 0 Å². The van der Waals surface area contributed by atoms with Gasteiger partial charge in [-0.05, 0) is 38.5 Å². The first-order valence-electron chi connectivity index (χ1n) is 9.17. The quantitative estimate of drug-likeness (QED) is 0.280. The van der Waals surface area contributed by atoms with E-state index in [1.165, 1.54) is 19.3 Å². The van der Waals surface area contributed by atoms with Crippen LogP contribution in [0.1, 0.15) is 64.7 Å². The molecule has 4 heteroatoms. The van der Waals surface area contributed by atoms with E-state index in [0.29, 0.717) is 12.8 Å². The summed E-state index contributed by atoms with van der Waals surface area (Å²) in [6.45, 7) is 2.21. The predicted octanol–water partition coefficient (Wildman–Crippen LogP) is 4.40. The Morgan fingerprint density at radius 2 is 1.88 bits per heavy atom. The van der Waals surface area contributed by atoms with Crippen LogP contribution in [0.4, 0.5) is 0 Å². The Labute approximate surface area is 145 Å². The number of aliphatic hydroxyl groups is 1. The maximum Gasteiger partial charge on any atom is 0.303 e. The molecule has 1 heterocycles. The number of aliphatic hydroxyl groups excluding tert-OH is 1. The SMILES string of the molecule is CCCCC/C=C\CC1OC1/C=C/C(O)C/C=C\CCCC(=O)O. The fraction of sp³-hybridized carbons (Fsp3) is 0.650. The van der Waals surface area contributed by atoms with E-state index in [2.05, 4.69) is 19.1 Å². The van der Waals surface area contributed by atoms with Crippen LogP contribution in [-0.4, -0.2) is 34.5 Å². The van der Waals surface area contributed by atoms with Crippen molar-refractivity contribution < 1.29 is 19.7 Å².